The van der Waals surface area contributed by atoms with Gasteiger partial charge in [-0.05, 0) is 29.8 Å². The molecule has 3 aromatic carbocycles. The van der Waals surface area contributed by atoms with Crippen LogP contribution in [0.1, 0.15) is 29.8 Å². The number of carbonyl (C=O) groups excluding carboxylic acids is 1. The van der Waals surface area contributed by atoms with Crippen LogP contribution >= 0.6 is 0 Å². The molecule has 124 valence electrons. The summed E-state index contributed by atoms with van der Waals surface area (Å²) in [5.74, 6) is 0.313. The van der Waals surface area contributed by atoms with E-state index in [1.807, 2.05) is 61.5 Å². The number of nitrogens with zero attached hydrogens (tertiary/aromatic N) is 2. The summed E-state index contributed by atoms with van der Waals surface area (Å²) in [6.07, 6.45) is -0.528. The highest BCUT2D eigenvalue weighted by molar-refractivity contribution is 6.00. The number of amides is 1. The van der Waals surface area contributed by atoms with E-state index in [1.54, 1.807) is 0 Å². The minimum absolute atomic E-state index is 0.152. The van der Waals surface area contributed by atoms with Gasteiger partial charge in [-0.25, -0.2) is 0 Å². The Labute approximate surface area is 146 Å². The minimum atomic E-state index is -0.528. The van der Waals surface area contributed by atoms with Crippen LogP contribution in [0, 0.1) is 6.92 Å². The molecule has 0 aromatic heterocycles. The van der Waals surface area contributed by atoms with Crippen molar-refractivity contribution in [3.63, 3.8) is 0 Å². The number of carbonyl (C=O) groups is 1. The van der Waals surface area contributed by atoms with E-state index in [4.69, 9.17) is 4.74 Å². The van der Waals surface area contributed by atoms with E-state index >= 15 is 0 Å². The lowest BCUT2D eigenvalue weighted by Gasteiger charge is -2.19. The van der Waals surface area contributed by atoms with Crippen molar-refractivity contribution < 1.29 is 9.53 Å². The molecule has 0 saturated heterocycles. The average Bonchev–Trinajstić information content (AvgIpc) is 3.07. The predicted molar refractivity (Wildman–Crippen MR) is 98.0 cm³/mol. The maximum Gasteiger partial charge on any atom is 0.243 e. The Bertz CT molecular complexity index is 977. The third-order valence-corrected chi connectivity index (χ3v) is 4.33. The van der Waals surface area contributed by atoms with Crippen LogP contribution in [0.2, 0.25) is 0 Å². The van der Waals surface area contributed by atoms with Crippen molar-refractivity contribution >= 4 is 22.6 Å². The van der Waals surface area contributed by atoms with Gasteiger partial charge in [-0.15, -0.1) is 5.10 Å². The molecule has 1 amide bonds. The summed E-state index contributed by atoms with van der Waals surface area (Å²) in [5, 5.41) is 8.09. The summed E-state index contributed by atoms with van der Waals surface area (Å²) >= 11 is 0. The Kier molecular flexibility index (Phi) is 3.73. The van der Waals surface area contributed by atoms with E-state index in [2.05, 4.69) is 17.2 Å². The van der Waals surface area contributed by atoms with Gasteiger partial charge in [-0.3, -0.25) is 4.79 Å². The molecule has 1 unspecified atom stereocenters. The van der Waals surface area contributed by atoms with Crippen LogP contribution in [0.25, 0.3) is 10.8 Å². The highest BCUT2D eigenvalue weighted by atomic mass is 16.5. The molecular weight excluding hydrogens is 312 g/mol. The molecule has 0 spiro atoms. The van der Waals surface area contributed by atoms with E-state index in [9.17, 15) is 4.79 Å². The Morgan fingerprint density at radius 3 is 2.44 bits per heavy atom. The average molecular weight is 330 g/mol. The predicted octanol–water partition coefficient (Wildman–Crippen LogP) is 4.39. The molecular formula is C21H18N2O2. The molecule has 0 aliphatic carbocycles. The summed E-state index contributed by atoms with van der Waals surface area (Å²) in [4.78, 5) is 12.0. The Morgan fingerprint density at radius 1 is 1.00 bits per heavy atom. The minimum Gasteiger partial charge on any atom is -0.446 e. The topological polar surface area (TPSA) is 41.9 Å². The number of hydrogen-bond acceptors (Lipinski definition) is 3. The van der Waals surface area contributed by atoms with Crippen molar-refractivity contribution in [1.82, 2.24) is 5.01 Å². The van der Waals surface area contributed by atoms with Crippen molar-refractivity contribution in [3.8, 4) is 0 Å². The second-order valence-corrected chi connectivity index (χ2v) is 6.21. The molecule has 4 heteroatoms. The molecule has 1 atom stereocenters. The smallest absolute Gasteiger partial charge is 0.243 e. The number of fused-ring (bicyclic) bond motifs is 1. The second kappa shape index (κ2) is 6.06. The fourth-order valence-corrected chi connectivity index (χ4v) is 2.95. The highest BCUT2D eigenvalue weighted by Gasteiger charge is 2.32. The van der Waals surface area contributed by atoms with Gasteiger partial charge in [0.2, 0.25) is 18.0 Å². The van der Waals surface area contributed by atoms with Gasteiger partial charge >= 0.3 is 0 Å². The maximum atomic E-state index is 12.0. The van der Waals surface area contributed by atoms with Crippen LogP contribution in [0.5, 0.6) is 0 Å². The van der Waals surface area contributed by atoms with Gasteiger partial charge in [0.05, 0.1) is 0 Å². The first kappa shape index (κ1) is 15.4. The lowest BCUT2D eigenvalue weighted by molar-refractivity contribution is -0.135. The third kappa shape index (κ3) is 2.87. The summed E-state index contributed by atoms with van der Waals surface area (Å²) in [7, 11) is 0. The summed E-state index contributed by atoms with van der Waals surface area (Å²) in [5.41, 5.74) is 2.92. The first-order chi connectivity index (χ1) is 12.1. The van der Waals surface area contributed by atoms with Gasteiger partial charge in [-0.1, -0.05) is 60.2 Å². The van der Waals surface area contributed by atoms with E-state index in [0.717, 1.165) is 27.5 Å². The lowest BCUT2D eigenvalue weighted by atomic mass is 10.1. The number of benzene rings is 3. The first-order valence-corrected chi connectivity index (χ1v) is 8.22. The molecule has 1 aliphatic heterocycles. The van der Waals surface area contributed by atoms with Crippen molar-refractivity contribution in [2.24, 2.45) is 5.10 Å². The van der Waals surface area contributed by atoms with Gasteiger partial charge in [0.1, 0.15) is 0 Å². The summed E-state index contributed by atoms with van der Waals surface area (Å²) in [6.45, 7) is 3.52. The molecule has 25 heavy (non-hydrogen) atoms. The fraction of sp³-hybridized carbons (Fsp3) is 0.143. The molecule has 4 rings (SSSR count). The second-order valence-electron chi connectivity index (χ2n) is 6.21. The molecule has 0 bridgehead atoms. The van der Waals surface area contributed by atoms with Crippen molar-refractivity contribution in [1.29, 1.82) is 0 Å². The van der Waals surface area contributed by atoms with Crippen molar-refractivity contribution in [2.45, 2.75) is 20.1 Å². The Balaban J connectivity index is 1.71. The van der Waals surface area contributed by atoms with Gasteiger partial charge < -0.3 is 4.74 Å². The van der Waals surface area contributed by atoms with Gasteiger partial charge in [0.25, 0.3) is 0 Å². The van der Waals surface area contributed by atoms with E-state index in [-0.39, 0.29) is 5.91 Å². The molecule has 1 heterocycles. The molecule has 0 N–H and O–H groups in total. The molecule has 1 aliphatic rings. The van der Waals surface area contributed by atoms with E-state index < -0.39 is 6.23 Å². The zero-order chi connectivity index (χ0) is 17.4. The van der Waals surface area contributed by atoms with Gasteiger partial charge in [-0.2, -0.15) is 5.01 Å². The van der Waals surface area contributed by atoms with Crippen LogP contribution in [0.3, 0.4) is 0 Å². The van der Waals surface area contributed by atoms with E-state index in [0.29, 0.717) is 5.90 Å². The Morgan fingerprint density at radius 2 is 1.72 bits per heavy atom. The van der Waals surface area contributed by atoms with Crippen LogP contribution in [-0.2, 0) is 9.53 Å². The number of rotatable bonds is 2. The number of hydrazone groups is 1. The number of aryl methyl sites for hydroxylation is 1. The Hall–Kier alpha value is -3.14. The van der Waals surface area contributed by atoms with Crippen LogP contribution in [0.15, 0.2) is 71.8 Å². The molecule has 0 saturated carbocycles. The molecule has 3 aromatic rings. The zero-order valence-corrected chi connectivity index (χ0v) is 14.1. The maximum absolute atomic E-state index is 12.0. The SMILES string of the molecule is CC(=O)N1N=C(c2ccc3ccccc3c2)OC1c1ccc(C)cc1. The first-order valence-electron chi connectivity index (χ1n) is 8.22. The summed E-state index contributed by atoms with van der Waals surface area (Å²) in [6, 6.07) is 22.1. The largest absolute Gasteiger partial charge is 0.446 e. The summed E-state index contributed by atoms with van der Waals surface area (Å²) < 4.78 is 6.05. The van der Waals surface area contributed by atoms with Crippen LogP contribution in [-0.4, -0.2) is 16.8 Å². The van der Waals surface area contributed by atoms with E-state index in [1.165, 1.54) is 11.9 Å². The normalized spacial score (nSPS) is 16.6. The lowest BCUT2D eigenvalue weighted by Crippen LogP contribution is -2.25. The standard InChI is InChI=1S/C21H18N2O2/c1-14-7-9-17(10-8-14)21-23(15(2)24)22-20(25-21)19-12-11-16-5-3-4-6-18(16)13-19/h3-13,21H,1-2H3. The van der Waals surface area contributed by atoms with Crippen LogP contribution in [0.4, 0.5) is 0 Å². The van der Waals surface area contributed by atoms with Gasteiger partial charge in [0.15, 0.2) is 0 Å². The monoisotopic (exact) mass is 330 g/mol. The van der Waals surface area contributed by atoms with Crippen LogP contribution < -0.4 is 0 Å². The third-order valence-electron chi connectivity index (χ3n) is 4.33. The van der Waals surface area contributed by atoms with Gasteiger partial charge in [0, 0.05) is 18.1 Å². The highest BCUT2D eigenvalue weighted by Crippen LogP contribution is 2.31. The van der Waals surface area contributed by atoms with Crippen molar-refractivity contribution in [2.75, 3.05) is 0 Å². The molecule has 0 radical (unpaired) electrons. The number of ether oxygens (including phenoxy) is 1. The van der Waals surface area contributed by atoms with Crippen molar-refractivity contribution in [3.05, 3.63) is 83.4 Å². The number of hydrogen-bond donors (Lipinski definition) is 0. The molecule has 4 nitrogen and oxygen atoms in total. The quantitative estimate of drug-likeness (QED) is 0.699. The fourth-order valence-electron chi connectivity index (χ4n) is 2.95. The zero-order valence-electron chi connectivity index (χ0n) is 14.1. The molecule has 0 fully saturated rings.